The Morgan fingerprint density at radius 3 is 2.24 bits per heavy atom. The molecule has 1 aromatic heterocycles. The summed E-state index contributed by atoms with van der Waals surface area (Å²) < 4.78 is 30.3. The molecular formula is C15H15F2NO3. The monoisotopic (exact) mass is 295 g/mol. The van der Waals surface area contributed by atoms with Gasteiger partial charge in [0.05, 0.1) is 0 Å². The van der Waals surface area contributed by atoms with Crippen molar-refractivity contribution in [1.29, 1.82) is 0 Å². The fourth-order valence-electron chi connectivity index (χ4n) is 1.98. The standard InChI is InChI=1S/C15H15F2NO3/c1-15(2,3)12-10(14(19)20)11(18-21-12)8-4-6-9(7-5-8)13(16)17/h4-7,13H,1-3H3,(H,19,20). The molecule has 6 heteroatoms. The van der Waals surface area contributed by atoms with E-state index in [0.29, 0.717) is 5.56 Å². The fourth-order valence-corrected chi connectivity index (χ4v) is 1.98. The second-order valence-electron chi connectivity index (χ2n) is 5.71. The second-order valence-corrected chi connectivity index (χ2v) is 5.71. The molecule has 2 aromatic rings. The van der Waals surface area contributed by atoms with Gasteiger partial charge in [-0.1, -0.05) is 50.2 Å². The summed E-state index contributed by atoms with van der Waals surface area (Å²) >= 11 is 0. The number of aromatic carboxylic acids is 1. The summed E-state index contributed by atoms with van der Waals surface area (Å²) in [6.07, 6.45) is -2.57. The summed E-state index contributed by atoms with van der Waals surface area (Å²) in [5.74, 6) is -0.906. The molecule has 4 nitrogen and oxygen atoms in total. The van der Waals surface area contributed by atoms with Crippen LogP contribution in [0.2, 0.25) is 0 Å². The molecule has 1 heterocycles. The zero-order valence-corrected chi connectivity index (χ0v) is 11.9. The maximum atomic E-state index is 12.5. The van der Waals surface area contributed by atoms with E-state index in [9.17, 15) is 18.7 Å². The largest absolute Gasteiger partial charge is 0.477 e. The molecule has 1 N–H and O–H groups in total. The Balaban J connectivity index is 2.54. The van der Waals surface area contributed by atoms with Crippen molar-refractivity contribution < 1.29 is 23.2 Å². The third-order valence-electron chi connectivity index (χ3n) is 3.02. The van der Waals surface area contributed by atoms with Gasteiger partial charge in [0.15, 0.2) is 5.76 Å². The predicted octanol–water partition coefficient (Wildman–Crippen LogP) is 4.27. The van der Waals surface area contributed by atoms with Gasteiger partial charge in [-0.15, -0.1) is 0 Å². The van der Waals surface area contributed by atoms with Gasteiger partial charge in [0, 0.05) is 16.5 Å². The molecular weight excluding hydrogens is 280 g/mol. The fraction of sp³-hybridized carbons (Fsp3) is 0.333. The molecule has 0 spiro atoms. The van der Waals surface area contributed by atoms with Gasteiger partial charge >= 0.3 is 5.97 Å². The van der Waals surface area contributed by atoms with Crippen LogP contribution in [0.4, 0.5) is 8.78 Å². The first kappa shape index (κ1) is 15.2. The highest BCUT2D eigenvalue weighted by atomic mass is 19.3. The Kier molecular flexibility index (Phi) is 3.80. The molecule has 0 saturated carbocycles. The number of rotatable bonds is 3. The lowest BCUT2D eigenvalue weighted by molar-refractivity contribution is 0.0692. The summed E-state index contributed by atoms with van der Waals surface area (Å²) in [5, 5.41) is 13.2. The van der Waals surface area contributed by atoms with Gasteiger partial charge in [-0.2, -0.15) is 0 Å². The minimum absolute atomic E-state index is 0.0349. The van der Waals surface area contributed by atoms with Crippen molar-refractivity contribution in [2.24, 2.45) is 0 Å². The molecule has 2 rings (SSSR count). The molecule has 0 aliphatic carbocycles. The summed E-state index contributed by atoms with van der Waals surface area (Å²) in [7, 11) is 0. The van der Waals surface area contributed by atoms with Crippen LogP contribution in [0.1, 0.15) is 48.9 Å². The highest BCUT2D eigenvalue weighted by molar-refractivity contribution is 5.96. The molecule has 0 radical (unpaired) electrons. The lowest BCUT2D eigenvalue weighted by Gasteiger charge is -2.14. The van der Waals surface area contributed by atoms with E-state index in [1.54, 1.807) is 0 Å². The van der Waals surface area contributed by atoms with E-state index < -0.39 is 17.8 Å². The third-order valence-corrected chi connectivity index (χ3v) is 3.02. The van der Waals surface area contributed by atoms with E-state index in [0.717, 1.165) is 0 Å². The van der Waals surface area contributed by atoms with Gasteiger partial charge in [0.1, 0.15) is 11.3 Å². The molecule has 0 aliphatic heterocycles. The number of carbonyl (C=O) groups is 1. The predicted molar refractivity (Wildman–Crippen MR) is 72.6 cm³/mol. The van der Waals surface area contributed by atoms with E-state index in [1.165, 1.54) is 24.3 Å². The van der Waals surface area contributed by atoms with Crippen molar-refractivity contribution in [2.75, 3.05) is 0 Å². The summed E-state index contributed by atoms with van der Waals surface area (Å²) in [6, 6.07) is 5.32. The summed E-state index contributed by atoms with van der Waals surface area (Å²) in [4.78, 5) is 11.5. The SMILES string of the molecule is CC(C)(C)c1onc(-c2ccc(C(F)F)cc2)c1C(=O)O. The summed E-state index contributed by atoms with van der Waals surface area (Å²) in [5.41, 5.74) is -0.117. The zero-order chi connectivity index (χ0) is 15.8. The Hall–Kier alpha value is -2.24. The number of aromatic nitrogens is 1. The molecule has 0 fully saturated rings. The zero-order valence-electron chi connectivity index (χ0n) is 11.9. The van der Waals surface area contributed by atoms with Gasteiger partial charge in [0.25, 0.3) is 6.43 Å². The number of benzene rings is 1. The van der Waals surface area contributed by atoms with Crippen LogP contribution in [-0.2, 0) is 5.41 Å². The van der Waals surface area contributed by atoms with Crippen molar-refractivity contribution in [3.63, 3.8) is 0 Å². The molecule has 0 aliphatic rings. The summed E-state index contributed by atoms with van der Waals surface area (Å²) in [6.45, 7) is 5.43. The average Bonchev–Trinajstić information content (AvgIpc) is 2.83. The van der Waals surface area contributed by atoms with Gasteiger partial charge in [-0.05, 0) is 0 Å². The lowest BCUT2D eigenvalue weighted by Crippen LogP contribution is -2.15. The molecule has 0 saturated heterocycles. The number of carboxylic acids is 1. The van der Waals surface area contributed by atoms with Crippen LogP contribution in [0, 0.1) is 0 Å². The molecule has 1 aromatic carbocycles. The topological polar surface area (TPSA) is 63.3 Å². The van der Waals surface area contributed by atoms with Crippen LogP contribution in [0.15, 0.2) is 28.8 Å². The number of carboxylic acid groups (broad SMARTS) is 1. The third kappa shape index (κ3) is 2.94. The van der Waals surface area contributed by atoms with Crippen LogP contribution in [0.3, 0.4) is 0 Å². The Morgan fingerprint density at radius 1 is 1.24 bits per heavy atom. The van der Waals surface area contributed by atoms with Crippen molar-refractivity contribution in [2.45, 2.75) is 32.6 Å². The van der Waals surface area contributed by atoms with E-state index in [2.05, 4.69) is 5.16 Å². The first-order valence-corrected chi connectivity index (χ1v) is 6.33. The normalized spacial score (nSPS) is 11.9. The highest BCUT2D eigenvalue weighted by Crippen LogP contribution is 2.33. The number of hydrogen-bond acceptors (Lipinski definition) is 3. The number of halogens is 2. The van der Waals surface area contributed by atoms with Crippen LogP contribution >= 0.6 is 0 Å². The number of alkyl halides is 2. The Morgan fingerprint density at radius 2 is 1.81 bits per heavy atom. The maximum Gasteiger partial charge on any atom is 0.341 e. The highest BCUT2D eigenvalue weighted by Gasteiger charge is 2.31. The molecule has 0 atom stereocenters. The number of hydrogen-bond donors (Lipinski definition) is 1. The van der Waals surface area contributed by atoms with Crippen molar-refractivity contribution >= 4 is 5.97 Å². The van der Waals surface area contributed by atoms with Gasteiger partial charge < -0.3 is 9.63 Å². The van der Waals surface area contributed by atoms with Crippen molar-refractivity contribution in [1.82, 2.24) is 5.16 Å². The Labute approximate surface area is 120 Å². The van der Waals surface area contributed by atoms with Gasteiger partial charge in [0.2, 0.25) is 0 Å². The molecule has 0 bridgehead atoms. The molecule has 0 unspecified atom stereocenters. The van der Waals surface area contributed by atoms with E-state index in [1.807, 2.05) is 20.8 Å². The molecule has 112 valence electrons. The minimum atomic E-state index is -2.57. The average molecular weight is 295 g/mol. The van der Waals surface area contributed by atoms with Crippen LogP contribution < -0.4 is 0 Å². The Bertz CT molecular complexity index is 655. The molecule has 21 heavy (non-hydrogen) atoms. The number of nitrogens with zero attached hydrogens (tertiary/aromatic N) is 1. The van der Waals surface area contributed by atoms with Crippen LogP contribution in [0.25, 0.3) is 11.3 Å². The minimum Gasteiger partial charge on any atom is -0.477 e. The maximum absolute atomic E-state index is 12.5. The van der Waals surface area contributed by atoms with Gasteiger partial charge in [-0.3, -0.25) is 0 Å². The van der Waals surface area contributed by atoms with Crippen LogP contribution in [-0.4, -0.2) is 16.2 Å². The lowest BCUT2D eigenvalue weighted by atomic mass is 9.89. The first-order chi connectivity index (χ1) is 9.71. The first-order valence-electron chi connectivity index (χ1n) is 6.33. The van der Waals surface area contributed by atoms with Gasteiger partial charge in [-0.25, -0.2) is 13.6 Å². The van der Waals surface area contributed by atoms with E-state index >= 15 is 0 Å². The van der Waals surface area contributed by atoms with E-state index in [4.69, 9.17) is 4.52 Å². The quantitative estimate of drug-likeness (QED) is 0.918. The van der Waals surface area contributed by atoms with Crippen molar-refractivity contribution in [3.05, 3.63) is 41.2 Å². The van der Waals surface area contributed by atoms with Crippen molar-refractivity contribution in [3.8, 4) is 11.3 Å². The molecule has 0 amide bonds. The second kappa shape index (κ2) is 5.27. The van der Waals surface area contributed by atoms with E-state index in [-0.39, 0.29) is 22.6 Å². The smallest absolute Gasteiger partial charge is 0.341 e. The van der Waals surface area contributed by atoms with Crippen LogP contribution in [0.5, 0.6) is 0 Å².